The van der Waals surface area contributed by atoms with Gasteiger partial charge >= 0.3 is 153 Å². The Hall–Kier alpha value is -2.21. The molecule has 0 aromatic heterocycles. The topological polar surface area (TPSA) is 58.6 Å². The molecule has 0 aliphatic carbocycles. The molecule has 0 bridgehead atoms. The third kappa shape index (κ3) is 4.25. The van der Waals surface area contributed by atoms with Crippen molar-refractivity contribution in [3.63, 3.8) is 0 Å². The van der Waals surface area contributed by atoms with Crippen molar-refractivity contribution in [1.82, 2.24) is 4.90 Å². The quantitative estimate of drug-likeness (QED) is 0.783. The van der Waals surface area contributed by atoms with Gasteiger partial charge in [0.15, 0.2) is 0 Å². The number of morpholine rings is 1. The Kier molecular flexibility index (Phi) is 5.48. The second kappa shape index (κ2) is 7.78. The van der Waals surface area contributed by atoms with Crippen molar-refractivity contribution in [1.29, 1.82) is 0 Å². The molecule has 7 heteroatoms. The zero-order valence-electron chi connectivity index (χ0n) is 13.3. The molecule has 3 rings (SSSR count). The fraction of sp³-hybridized carbons (Fsp3) is 0.222. The van der Waals surface area contributed by atoms with Gasteiger partial charge in [0.2, 0.25) is 0 Å². The molecule has 1 fully saturated rings. The van der Waals surface area contributed by atoms with E-state index in [1.807, 2.05) is 0 Å². The molecule has 0 atom stereocenters. The van der Waals surface area contributed by atoms with E-state index in [1.54, 1.807) is 29.2 Å². The summed E-state index contributed by atoms with van der Waals surface area (Å²) in [5.41, 5.74) is 1.18. The number of hydrogen-bond donors (Lipinski definition) is 1. The zero-order valence-corrected chi connectivity index (χ0v) is 15.0. The second-order valence-electron chi connectivity index (χ2n) is 5.58. The van der Waals surface area contributed by atoms with E-state index in [1.165, 1.54) is 18.2 Å². The number of benzene rings is 2. The molecule has 1 heterocycles. The summed E-state index contributed by atoms with van der Waals surface area (Å²) in [4.78, 5) is 26.6. The number of rotatable bonds is 3. The third-order valence-electron chi connectivity index (χ3n) is 3.85. The number of carbonyl (C=O) groups is 2. The fourth-order valence-corrected chi connectivity index (χ4v) is 3.02. The van der Waals surface area contributed by atoms with Crippen LogP contribution in [0.5, 0.6) is 0 Å². The number of nitrogens with one attached hydrogen (secondary N) is 1. The van der Waals surface area contributed by atoms with E-state index in [2.05, 4.69) is 21.3 Å². The molecule has 1 aliphatic heterocycles. The van der Waals surface area contributed by atoms with Crippen LogP contribution in [0, 0.1) is 5.82 Å². The number of hydrogen-bond acceptors (Lipinski definition) is 3. The predicted molar refractivity (Wildman–Crippen MR) is 92.9 cm³/mol. The molecule has 1 saturated heterocycles. The van der Waals surface area contributed by atoms with Crippen LogP contribution in [0.1, 0.15) is 20.7 Å². The van der Waals surface area contributed by atoms with E-state index in [0.717, 1.165) is 0 Å². The normalized spacial score (nSPS) is 14.2. The van der Waals surface area contributed by atoms with Crippen LogP contribution in [-0.2, 0) is 4.74 Å². The molecular weight excluding hydrogens is 390 g/mol. The number of nitrogens with zero attached hydrogens (tertiary/aromatic N) is 1. The molecule has 2 aromatic carbocycles. The SMILES string of the molecule is O=C(Nc1cccc(C(=O)N2CCOCC2)c1)c1cc(F)ccc1[Se]. The summed E-state index contributed by atoms with van der Waals surface area (Å²) in [5.74, 6) is -1.03. The van der Waals surface area contributed by atoms with Crippen LogP contribution in [0.3, 0.4) is 0 Å². The summed E-state index contributed by atoms with van der Waals surface area (Å²) in [7, 11) is 0. The second-order valence-corrected chi connectivity index (χ2v) is 6.50. The minimum atomic E-state index is -0.486. The van der Waals surface area contributed by atoms with Crippen LogP contribution in [0.2, 0.25) is 0 Å². The molecule has 1 radical (unpaired) electrons. The van der Waals surface area contributed by atoms with Gasteiger partial charge in [-0.25, -0.2) is 0 Å². The predicted octanol–water partition coefficient (Wildman–Crippen LogP) is 1.34. The van der Waals surface area contributed by atoms with Crippen LogP contribution < -0.4 is 9.78 Å². The van der Waals surface area contributed by atoms with E-state index < -0.39 is 11.7 Å². The van der Waals surface area contributed by atoms with Gasteiger partial charge in [0.25, 0.3) is 0 Å². The first-order chi connectivity index (χ1) is 12.0. The van der Waals surface area contributed by atoms with Crippen molar-refractivity contribution < 1.29 is 18.7 Å². The molecule has 129 valence electrons. The number of carbonyl (C=O) groups excluding carboxylic acids is 2. The van der Waals surface area contributed by atoms with Gasteiger partial charge in [-0.05, 0) is 0 Å². The summed E-state index contributed by atoms with van der Waals surface area (Å²) >= 11 is 2.74. The van der Waals surface area contributed by atoms with E-state index in [4.69, 9.17) is 4.74 Å². The third-order valence-corrected chi connectivity index (χ3v) is 4.60. The Bertz CT molecular complexity index is 807. The molecule has 5 nitrogen and oxygen atoms in total. The van der Waals surface area contributed by atoms with Gasteiger partial charge in [0, 0.05) is 0 Å². The van der Waals surface area contributed by atoms with Gasteiger partial charge in [-0.1, -0.05) is 0 Å². The first-order valence-corrected chi connectivity index (χ1v) is 8.65. The van der Waals surface area contributed by atoms with Gasteiger partial charge < -0.3 is 0 Å². The summed E-state index contributed by atoms with van der Waals surface area (Å²) in [5, 5.41) is 2.70. The Labute approximate surface area is 153 Å². The molecule has 25 heavy (non-hydrogen) atoms. The van der Waals surface area contributed by atoms with Crippen molar-refractivity contribution in [3.8, 4) is 0 Å². The summed E-state index contributed by atoms with van der Waals surface area (Å²) in [6.07, 6.45) is 0. The molecule has 0 saturated carbocycles. The number of halogens is 1. The van der Waals surface area contributed by atoms with Crippen LogP contribution in [0.25, 0.3) is 0 Å². The summed E-state index contributed by atoms with van der Waals surface area (Å²) < 4.78 is 19.2. The number of amides is 2. The maximum absolute atomic E-state index is 13.4. The molecule has 0 unspecified atom stereocenters. The van der Waals surface area contributed by atoms with Crippen LogP contribution >= 0.6 is 0 Å². The first kappa shape index (κ1) is 17.6. The van der Waals surface area contributed by atoms with Gasteiger partial charge in [-0.2, -0.15) is 0 Å². The van der Waals surface area contributed by atoms with Gasteiger partial charge in [-0.3, -0.25) is 0 Å². The Morgan fingerprint density at radius 2 is 1.88 bits per heavy atom. The van der Waals surface area contributed by atoms with E-state index >= 15 is 0 Å². The summed E-state index contributed by atoms with van der Waals surface area (Å²) in [6.45, 7) is 2.15. The molecule has 1 N–H and O–H groups in total. The molecule has 2 aromatic rings. The molecule has 2 amide bonds. The standard InChI is InChI=1S/C18H16FN2O3Se/c19-13-4-5-16(25)15(11-13)17(22)20-14-3-1-2-12(10-14)18(23)21-6-8-24-9-7-21/h1-5,10-11H,6-9H2,(H,20,22). The first-order valence-electron chi connectivity index (χ1n) is 7.79. The Morgan fingerprint density at radius 3 is 2.64 bits per heavy atom. The zero-order chi connectivity index (χ0) is 17.8. The average molecular weight is 406 g/mol. The van der Waals surface area contributed by atoms with E-state index in [-0.39, 0.29) is 11.5 Å². The Morgan fingerprint density at radius 1 is 1.12 bits per heavy atom. The van der Waals surface area contributed by atoms with Gasteiger partial charge in [0.1, 0.15) is 0 Å². The minimum absolute atomic E-state index is 0.102. The molecular formula is C18H16FN2O3Se. The van der Waals surface area contributed by atoms with Crippen LogP contribution in [-0.4, -0.2) is 59.0 Å². The maximum atomic E-state index is 13.4. The molecule has 1 aliphatic rings. The van der Waals surface area contributed by atoms with Crippen molar-refractivity contribution in [3.05, 3.63) is 59.4 Å². The van der Waals surface area contributed by atoms with Crippen molar-refractivity contribution in [2.75, 3.05) is 31.6 Å². The monoisotopic (exact) mass is 407 g/mol. The Balaban J connectivity index is 1.76. The average Bonchev–Trinajstić information content (AvgIpc) is 2.64. The van der Waals surface area contributed by atoms with Crippen molar-refractivity contribution in [2.24, 2.45) is 0 Å². The van der Waals surface area contributed by atoms with Crippen molar-refractivity contribution >= 4 is 38.0 Å². The van der Waals surface area contributed by atoms with Gasteiger partial charge in [-0.15, -0.1) is 0 Å². The van der Waals surface area contributed by atoms with E-state index in [9.17, 15) is 14.0 Å². The molecule has 0 spiro atoms. The van der Waals surface area contributed by atoms with E-state index in [0.29, 0.717) is 42.0 Å². The van der Waals surface area contributed by atoms with Crippen LogP contribution in [0.15, 0.2) is 42.5 Å². The number of anilines is 1. The fourth-order valence-electron chi connectivity index (χ4n) is 2.56. The van der Waals surface area contributed by atoms with Crippen molar-refractivity contribution in [2.45, 2.75) is 0 Å². The van der Waals surface area contributed by atoms with Crippen LogP contribution in [0.4, 0.5) is 10.1 Å². The number of ether oxygens (including phenoxy) is 1. The van der Waals surface area contributed by atoms with Gasteiger partial charge in [0.05, 0.1) is 0 Å². The summed E-state index contributed by atoms with van der Waals surface area (Å²) in [6, 6.07) is 10.7.